The van der Waals surface area contributed by atoms with Crippen LogP contribution in [0.25, 0.3) is 0 Å². The molecule has 0 aromatic carbocycles. The van der Waals surface area contributed by atoms with E-state index < -0.39 is 0 Å². The fourth-order valence-electron chi connectivity index (χ4n) is 0.354. The normalized spacial score (nSPS) is 6.33. The molecule has 0 saturated carbocycles. The zero-order chi connectivity index (χ0) is 4.12. The van der Waals surface area contributed by atoms with Gasteiger partial charge in [0.2, 0.25) is 15.2 Å². The molecule has 0 aromatic rings. The first-order valence-corrected chi connectivity index (χ1v) is 4.41. The minimum absolute atomic E-state index is 0. The zero-order valence-corrected chi connectivity index (χ0v) is 8.54. The molecule has 0 aliphatic carbocycles. The van der Waals surface area contributed by atoms with E-state index in [-0.39, 0.29) is 29.6 Å². The van der Waals surface area contributed by atoms with Crippen molar-refractivity contribution in [2.75, 3.05) is 0 Å². The van der Waals surface area contributed by atoms with E-state index in [1.807, 2.05) is 0 Å². The van der Waals surface area contributed by atoms with Crippen molar-refractivity contribution in [3.8, 4) is 0 Å². The first kappa shape index (κ1) is 10.5. The Bertz CT molecular complexity index is 15.0. The van der Waals surface area contributed by atoms with Gasteiger partial charge in [-0.2, -0.15) is 0 Å². The van der Waals surface area contributed by atoms with Crippen LogP contribution in [-0.2, 0) is 0 Å². The van der Waals surface area contributed by atoms with Crippen LogP contribution in [0.2, 0.25) is 10.6 Å². The maximum Gasteiger partial charge on any atom is 0.236 e. The van der Waals surface area contributed by atoms with Crippen molar-refractivity contribution in [1.82, 2.24) is 0 Å². The van der Waals surface area contributed by atoms with E-state index >= 15 is 0 Å². The molecule has 0 fully saturated rings. The molecule has 0 aromatic heterocycles. The molecule has 6 heavy (non-hydrogen) atoms. The minimum Gasteiger partial charge on any atom is -0.100 e. The molecule has 31 valence electrons. The van der Waals surface area contributed by atoms with Crippen LogP contribution in [0.4, 0.5) is 0 Å². The monoisotopic (exact) mass is 109 g/mol. The Hall–Kier alpha value is 1.53. The van der Waals surface area contributed by atoms with Gasteiger partial charge in [0, 0.05) is 29.6 Å². The maximum absolute atomic E-state index is 2.27. The minimum atomic E-state index is 0. The molecule has 0 unspecified atom stereocenters. The van der Waals surface area contributed by atoms with Crippen LogP contribution in [0.5, 0.6) is 0 Å². The van der Waals surface area contributed by atoms with E-state index in [1.54, 1.807) is 0 Å². The summed E-state index contributed by atoms with van der Waals surface area (Å²) >= 11 is 0.432. The molecule has 0 saturated heterocycles. The van der Waals surface area contributed by atoms with Gasteiger partial charge in [0.05, 0.1) is 0 Å². The van der Waals surface area contributed by atoms with Crippen molar-refractivity contribution >= 4 is 44.8 Å². The third-order valence-corrected chi connectivity index (χ3v) is 2.12. The molecule has 0 nitrogen and oxygen atoms in total. The Morgan fingerprint density at radius 2 is 1.50 bits per heavy atom. The van der Waals surface area contributed by atoms with Crippen LogP contribution in [0.15, 0.2) is 0 Å². The van der Waals surface area contributed by atoms with Crippen LogP contribution in [0.1, 0.15) is 13.8 Å². The SMILES string of the molecule is C[CH2][AlH][CH2]C.[Na]. The summed E-state index contributed by atoms with van der Waals surface area (Å²) < 4.78 is 0. The van der Waals surface area contributed by atoms with Crippen LogP contribution in [0.3, 0.4) is 0 Å². The molecule has 0 atom stereocenters. The second-order valence-electron chi connectivity index (χ2n) is 1.35. The van der Waals surface area contributed by atoms with Crippen molar-refractivity contribution in [3.05, 3.63) is 0 Å². The summed E-state index contributed by atoms with van der Waals surface area (Å²) in [4.78, 5) is 0. The second-order valence-corrected chi connectivity index (χ2v) is 4.06. The van der Waals surface area contributed by atoms with Crippen molar-refractivity contribution in [3.63, 3.8) is 0 Å². The topological polar surface area (TPSA) is 0 Å². The predicted octanol–water partition coefficient (Wildman–Crippen LogP) is 0.918. The largest absolute Gasteiger partial charge is 0.236 e. The van der Waals surface area contributed by atoms with Crippen molar-refractivity contribution in [1.29, 1.82) is 0 Å². The molecule has 0 N–H and O–H groups in total. The van der Waals surface area contributed by atoms with E-state index in [1.165, 1.54) is 10.6 Å². The van der Waals surface area contributed by atoms with Crippen molar-refractivity contribution in [2.24, 2.45) is 0 Å². The van der Waals surface area contributed by atoms with Gasteiger partial charge in [-0.05, 0) is 0 Å². The second kappa shape index (κ2) is 9.73. The van der Waals surface area contributed by atoms with Gasteiger partial charge in [0.15, 0.2) is 0 Å². The average Bonchev–Trinajstić information content (AvgIpc) is 1.41. The van der Waals surface area contributed by atoms with Gasteiger partial charge in [-0.3, -0.25) is 0 Å². The summed E-state index contributed by atoms with van der Waals surface area (Å²) in [7, 11) is 0. The van der Waals surface area contributed by atoms with Gasteiger partial charge >= 0.3 is 0 Å². The summed E-state index contributed by atoms with van der Waals surface area (Å²) in [5.41, 5.74) is 0. The smallest absolute Gasteiger partial charge is 0.100 e. The third kappa shape index (κ3) is 9.11. The van der Waals surface area contributed by atoms with Crippen LogP contribution >= 0.6 is 0 Å². The molecule has 2 heteroatoms. The summed E-state index contributed by atoms with van der Waals surface area (Å²) in [6.45, 7) is 4.55. The fourth-order valence-corrected chi connectivity index (χ4v) is 1.06. The first-order valence-electron chi connectivity index (χ1n) is 2.41. The van der Waals surface area contributed by atoms with Gasteiger partial charge in [-0.1, -0.05) is 13.8 Å². The summed E-state index contributed by atoms with van der Waals surface area (Å²) in [5.74, 6) is 0. The number of hydrogen-bond donors (Lipinski definition) is 0. The third-order valence-electron chi connectivity index (χ3n) is 0.707. The van der Waals surface area contributed by atoms with Gasteiger partial charge in [-0.15, -0.1) is 10.6 Å². The van der Waals surface area contributed by atoms with Gasteiger partial charge in [-0.25, -0.2) is 0 Å². The quantitative estimate of drug-likeness (QED) is 0.462. The number of hydrogen-bond acceptors (Lipinski definition) is 0. The first-order chi connectivity index (χ1) is 2.41. The van der Waals surface area contributed by atoms with Gasteiger partial charge < -0.3 is 0 Å². The van der Waals surface area contributed by atoms with Gasteiger partial charge in [0.1, 0.15) is 0 Å². The molecule has 0 heterocycles. The Labute approximate surface area is 68.7 Å². The van der Waals surface area contributed by atoms with Gasteiger partial charge in [0.25, 0.3) is 0 Å². The molecule has 0 aliphatic heterocycles. The Morgan fingerprint density at radius 1 is 1.17 bits per heavy atom. The Balaban J connectivity index is 0. The molecular weight excluding hydrogens is 98.0 g/mol. The average molecular weight is 109 g/mol. The summed E-state index contributed by atoms with van der Waals surface area (Å²) in [5, 5.41) is 2.97. The molecular formula is C4H11AlNa. The van der Waals surface area contributed by atoms with Crippen LogP contribution in [0, 0.1) is 0 Å². The fraction of sp³-hybridized carbons (Fsp3) is 1.00. The Morgan fingerprint density at radius 3 is 1.50 bits per heavy atom. The van der Waals surface area contributed by atoms with Crippen molar-refractivity contribution in [2.45, 2.75) is 24.4 Å². The van der Waals surface area contributed by atoms with E-state index in [9.17, 15) is 0 Å². The van der Waals surface area contributed by atoms with E-state index in [4.69, 9.17) is 0 Å². The summed E-state index contributed by atoms with van der Waals surface area (Å²) in [6.07, 6.45) is 0. The van der Waals surface area contributed by atoms with Crippen molar-refractivity contribution < 1.29 is 0 Å². The van der Waals surface area contributed by atoms with E-state index in [0.29, 0.717) is 15.2 Å². The molecule has 0 spiro atoms. The summed E-state index contributed by atoms with van der Waals surface area (Å²) in [6, 6.07) is 0. The maximum atomic E-state index is 2.27. The zero-order valence-electron chi connectivity index (χ0n) is 5.12. The van der Waals surface area contributed by atoms with Crippen LogP contribution in [-0.4, -0.2) is 44.8 Å². The predicted molar refractivity (Wildman–Crippen MR) is 33.9 cm³/mol. The van der Waals surface area contributed by atoms with Crippen LogP contribution < -0.4 is 0 Å². The molecule has 0 rings (SSSR count). The number of rotatable bonds is 2. The molecule has 1 radical (unpaired) electrons. The molecule has 0 bridgehead atoms. The van der Waals surface area contributed by atoms with E-state index in [2.05, 4.69) is 13.8 Å². The Kier molecular flexibility index (Phi) is 17.0. The molecule has 0 aliphatic rings. The van der Waals surface area contributed by atoms with E-state index in [0.717, 1.165) is 0 Å². The molecule has 0 amide bonds. The standard InChI is InChI=1S/2C2H5.Al.Na.H/c2*1-2;;;/h2*1H2,2H3;;;.